The summed E-state index contributed by atoms with van der Waals surface area (Å²) in [6, 6.07) is 29.1. The fourth-order valence-corrected chi connectivity index (χ4v) is 7.63. The van der Waals surface area contributed by atoms with Crippen molar-refractivity contribution in [2.24, 2.45) is 0 Å². The Balaban J connectivity index is 0.00000225. The van der Waals surface area contributed by atoms with Crippen molar-refractivity contribution in [2.45, 2.75) is 0 Å². The number of benzene rings is 3. The SMILES string of the molecule is Br.COc1ccccc1P(C)(C=O)(c1ccccc1)c1ccccc1. The molecule has 2 nitrogen and oxygen atoms in total. The van der Waals surface area contributed by atoms with E-state index < -0.39 is 6.60 Å². The van der Waals surface area contributed by atoms with Gasteiger partial charge in [-0.15, -0.1) is 17.0 Å². The molecule has 0 aliphatic carbocycles. The molecule has 0 radical (unpaired) electrons. The van der Waals surface area contributed by atoms with Crippen molar-refractivity contribution in [3.63, 3.8) is 0 Å². The summed E-state index contributed by atoms with van der Waals surface area (Å²) in [5.74, 6) is 0.748. The van der Waals surface area contributed by atoms with Gasteiger partial charge in [0.15, 0.2) is 0 Å². The van der Waals surface area contributed by atoms with Gasteiger partial charge in [0.05, 0.1) is 0 Å². The number of para-hydroxylation sites is 1. The van der Waals surface area contributed by atoms with Crippen LogP contribution in [0.25, 0.3) is 0 Å². The van der Waals surface area contributed by atoms with Gasteiger partial charge in [-0.25, -0.2) is 0 Å². The third kappa shape index (κ3) is 2.92. The molecular formula is C21H22BrO2P. The van der Waals surface area contributed by atoms with Gasteiger partial charge in [-0.3, -0.25) is 0 Å². The van der Waals surface area contributed by atoms with Crippen LogP contribution in [0.4, 0.5) is 0 Å². The third-order valence-corrected chi connectivity index (χ3v) is 10.2. The molecule has 0 atom stereocenters. The van der Waals surface area contributed by atoms with Gasteiger partial charge in [-0.1, -0.05) is 0 Å². The van der Waals surface area contributed by atoms with Gasteiger partial charge in [0, 0.05) is 0 Å². The first-order valence-corrected chi connectivity index (χ1v) is 10.6. The van der Waals surface area contributed by atoms with Crippen molar-refractivity contribution in [1.29, 1.82) is 0 Å². The summed E-state index contributed by atoms with van der Waals surface area (Å²) in [5, 5.41) is 3.03. The van der Waals surface area contributed by atoms with Crippen LogP contribution in [0.2, 0.25) is 0 Å². The van der Waals surface area contributed by atoms with E-state index >= 15 is 0 Å². The standard InChI is InChI=1S/C21H21O2P.BrH/c1-23-20-15-9-10-16-21(20)24(2,17-22,18-11-5-3-6-12-18)19-13-7-4-8-14-19;/h3-17H,1-2H3;1H. The molecule has 130 valence electrons. The zero-order valence-corrected chi connectivity index (χ0v) is 16.9. The number of methoxy groups -OCH3 is 1. The number of hydrogen-bond acceptors (Lipinski definition) is 2. The van der Waals surface area contributed by atoms with Gasteiger partial charge in [-0.05, 0) is 0 Å². The number of rotatable bonds is 5. The average molecular weight is 417 g/mol. The average Bonchev–Trinajstić information content (AvgIpc) is 2.69. The van der Waals surface area contributed by atoms with Crippen LogP contribution in [0.1, 0.15) is 0 Å². The fourth-order valence-electron chi connectivity index (χ4n) is 3.34. The van der Waals surface area contributed by atoms with E-state index in [-0.39, 0.29) is 17.0 Å². The summed E-state index contributed by atoms with van der Waals surface area (Å²) in [7, 11) is 1.65. The van der Waals surface area contributed by atoms with E-state index in [4.69, 9.17) is 4.74 Å². The van der Waals surface area contributed by atoms with E-state index in [0.717, 1.165) is 27.7 Å². The van der Waals surface area contributed by atoms with Gasteiger partial charge in [0.1, 0.15) is 0 Å². The van der Waals surface area contributed by atoms with Crippen molar-refractivity contribution in [1.82, 2.24) is 0 Å². The van der Waals surface area contributed by atoms with Crippen LogP contribution in [0.5, 0.6) is 5.75 Å². The van der Waals surface area contributed by atoms with E-state index in [2.05, 4.69) is 6.66 Å². The Morgan fingerprint density at radius 1 is 0.760 bits per heavy atom. The van der Waals surface area contributed by atoms with Crippen LogP contribution in [-0.4, -0.2) is 19.8 Å². The first kappa shape index (κ1) is 19.4. The minimum absolute atomic E-state index is 0. The van der Waals surface area contributed by atoms with Crippen LogP contribution in [0.15, 0.2) is 84.9 Å². The maximum atomic E-state index is 12.8. The molecule has 0 N–H and O–H groups in total. The quantitative estimate of drug-likeness (QED) is 0.465. The Kier molecular flexibility index (Phi) is 5.82. The Morgan fingerprint density at radius 3 is 1.64 bits per heavy atom. The van der Waals surface area contributed by atoms with Crippen molar-refractivity contribution in [3.8, 4) is 5.75 Å². The topological polar surface area (TPSA) is 26.3 Å². The van der Waals surface area contributed by atoms with Gasteiger partial charge in [0.25, 0.3) is 0 Å². The molecule has 0 aliphatic rings. The molecule has 0 amide bonds. The van der Waals surface area contributed by atoms with Crippen LogP contribution in [0, 0.1) is 0 Å². The molecule has 0 saturated heterocycles. The van der Waals surface area contributed by atoms with Crippen molar-refractivity contribution in [2.75, 3.05) is 13.8 Å². The second-order valence-corrected chi connectivity index (χ2v) is 11.1. The summed E-state index contributed by atoms with van der Waals surface area (Å²) in [6.45, 7) is -1.18. The van der Waals surface area contributed by atoms with Crippen LogP contribution < -0.4 is 20.7 Å². The van der Waals surface area contributed by atoms with Crippen molar-refractivity contribution < 1.29 is 9.53 Å². The molecule has 0 unspecified atom stereocenters. The van der Waals surface area contributed by atoms with E-state index in [1.807, 2.05) is 84.9 Å². The predicted octanol–water partition coefficient (Wildman–Crippen LogP) is 3.92. The van der Waals surface area contributed by atoms with Crippen LogP contribution in [0.3, 0.4) is 0 Å². The second kappa shape index (κ2) is 7.51. The minimum atomic E-state index is -3.28. The summed E-state index contributed by atoms with van der Waals surface area (Å²) < 4.78 is 5.64. The number of ether oxygens (including phenoxy) is 1. The van der Waals surface area contributed by atoms with Gasteiger partial charge in [0.2, 0.25) is 0 Å². The summed E-state index contributed by atoms with van der Waals surface area (Å²) in [6.07, 6.45) is 0. The zero-order chi connectivity index (χ0) is 17.1. The molecule has 3 aromatic rings. The Hall–Kier alpha value is -1.96. The number of carbonyl (C=O) groups excluding carboxylic acids is 1. The molecule has 0 bridgehead atoms. The summed E-state index contributed by atoms with van der Waals surface area (Å²) in [5.41, 5.74) is 0. The van der Waals surface area contributed by atoms with Crippen molar-refractivity contribution >= 4 is 45.5 Å². The van der Waals surface area contributed by atoms with E-state index in [9.17, 15) is 4.79 Å². The molecule has 3 aromatic carbocycles. The Labute approximate surface area is 159 Å². The normalized spacial score (nSPS) is 12.3. The van der Waals surface area contributed by atoms with E-state index in [1.165, 1.54) is 0 Å². The maximum absolute atomic E-state index is 12.8. The number of halogens is 1. The number of hydrogen-bond donors (Lipinski definition) is 0. The predicted molar refractivity (Wildman–Crippen MR) is 115 cm³/mol. The number of carbonyl (C=O) groups is 1. The van der Waals surface area contributed by atoms with E-state index in [0.29, 0.717) is 0 Å². The molecule has 25 heavy (non-hydrogen) atoms. The van der Waals surface area contributed by atoms with Gasteiger partial charge >= 0.3 is 143 Å². The molecule has 0 saturated carbocycles. The Bertz CT molecular complexity index is 811. The van der Waals surface area contributed by atoms with Gasteiger partial charge in [-0.2, -0.15) is 0 Å². The molecular weight excluding hydrogens is 395 g/mol. The molecule has 0 heterocycles. The fraction of sp³-hybridized carbons (Fsp3) is 0.0952. The Morgan fingerprint density at radius 2 is 1.20 bits per heavy atom. The van der Waals surface area contributed by atoms with Gasteiger partial charge < -0.3 is 0 Å². The molecule has 4 heteroatoms. The molecule has 0 aliphatic heterocycles. The zero-order valence-electron chi connectivity index (χ0n) is 14.3. The second-order valence-electron chi connectivity index (χ2n) is 6.10. The van der Waals surface area contributed by atoms with E-state index in [1.54, 1.807) is 7.11 Å². The molecule has 0 spiro atoms. The van der Waals surface area contributed by atoms with Crippen molar-refractivity contribution in [3.05, 3.63) is 84.9 Å². The first-order chi connectivity index (χ1) is 11.6. The third-order valence-electron chi connectivity index (χ3n) is 4.81. The summed E-state index contributed by atoms with van der Waals surface area (Å²) >= 11 is 0. The monoisotopic (exact) mass is 416 g/mol. The van der Waals surface area contributed by atoms with Crippen LogP contribution >= 0.6 is 23.6 Å². The molecule has 0 fully saturated rings. The van der Waals surface area contributed by atoms with Crippen LogP contribution in [-0.2, 0) is 4.79 Å². The molecule has 3 rings (SSSR count). The molecule has 0 aromatic heterocycles. The first-order valence-electron chi connectivity index (χ1n) is 7.87. The summed E-state index contributed by atoms with van der Waals surface area (Å²) in [4.78, 5) is 12.8.